The third-order valence-corrected chi connectivity index (χ3v) is 3.92. The minimum absolute atomic E-state index is 0.173. The Labute approximate surface area is 143 Å². The molecule has 3 amide bonds. The molecule has 0 unspecified atom stereocenters. The fourth-order valence-corrected chi connectivity index (χ4v) is 2.57. The molecule has 0 aliphatic carbocycles. The van der Waals surface area contributed by atoms with E-state index in [1.807, 2.05) is 0 Å². The number of urea groups is 1. The standard InChI is InChI=1S/C17H16F2N4O2/c18-12-4-5-13(14(19)11-12)16(24)22-7-9-23(10-8-22)17(25)21-15-3-1-2-6-20-15/h1-6,11H,7-10H2,(H,20,21,25). The summed E-state index contributed by atoms with van der Waals surface area (Å²) in [6.45, 7) is 1.16. The van der Waals surface area contributed by atoms with Crippen molar-refractivity contribution in [3.05, 3.63) is 59.8 Å². The fourth-order valence-electron chi connectivity index (χ4n) is 2.57. The zero-order valence-corrected chi connectivity index (χ0v) is 13.3. The maximum Gasteiger partial charge on any atom is 0.323 e. The van der Waals surface area contributed by atoms with E-state index in [4.69, 9.17) is 0 Å². The molecule has 1 aromatic heterocycles. The summed E-state index contributed by atoms with van der Waals surface area (Å²) in [5.74, 6) is -1.69. The van der Waals surface area contributed by atoms with Gasteiger partial charge in [-0.15, -0.1) is 0 Å². The Kier molecular flexibility index (Phi) is 4.87. The van der Waals surface area contributed by atoms with E-state index in [0.29, 0.717) is 25.0 Å². The van der Waals surface area contributed by atoms with Crippen molar-refractivity contribution in [2.45, 2.75) is 0 Å². The molecule has 0 saturated carbocycles. The molecule has 1 aliphatic heterocycles. The van der Waals surface area contributed by atoms with Gasteiger partial charge in [0.2, 0.25) is 0 Å². The molecule has 1 aromatic carbocycles. The second-order valence-corrected chi connectivity index (χ2v) is 5.55. The Hall–Kier alpha value is -3.03. The van der Waals surface area contributed by atoms with Crippen LogP contribution in [0.5, 0.6) is 0 Å². The Morgan fingerprint density at radius 1 is 1.00 bits per heavy atom. The zero-order chi connectivity index (χ0) is 17.8. The smallest absolute Gasteiger partial charge is 0.323 e. The van der Waals surface area contributed by atoms with Crippen LogP contribution in [0.25, 0.3) is 0 Å². The molecule has 1 N–H and O–H groups in total. The van der Waals surface area contributed by atoms with Gasteiger partial charge in [-0.25, -0.2) is 18.6 Å². The molecular weight excluding hydrogens is 330 g/mol. The highest BCUT2D eigenvalue weighted by Gasteiger charge is 2.26. The van der Waals surface area contributed by atoms with Gasteiger partial charge in [0.05, 0.1) is 5.56 Å². The first-order valence-electron chi connectivity index (χ1n) is 7.76. The van der Waals surface area contributed by atoms with Crippen LogP contribution in [0.2, 0.25) is 0 Å². The van der Waals surface area contributed by atoms with Crippen LogP contribution >= 0.6 is 0 Å². The highest BCUT2D eigenvalue weighted by molar-refractivity contribution is 5.95. The molecule has 25 heavy (non-hydrogen) atoms. The Bertz CT molecular complexity index is 777. The number of halogens is 2. The second kappa shape index (κ2) is 7.25. The SMILES string of the molecule is O=C(Nc1ccccn1)N1CCN(C(=O)c2ccc(F)cc2F)CC1. The molecule has 0 spiro atoms. The number of hydrogen-bond acceptors (Lipinski definition) is 3. The van der Waals surface area contributed by atoms with Crippen LogP contribution in [0.15, 0.2) is 42.6 Å². The summed E-state index contributed by atoms with van der Waals surface area (Å²) >= 11 is 0. The van der Waals surface area contributed by atoms with E-state index < -0.39 is 17.5 Å². The number of pyridine rings is 1. The number of piperazine rings is 1. The third-order valence-electron chi connectivity index (χ3n) is 3.92. The summed E-state index contributed by atoms with van der Waals surface area (Å²) in [5.41, 5.74) is -0.173. The highest BCUT2D eigenvalue weighted by atomic mass is 19.1. The number of carbonyl (C=O) groups excluding carboxylic acids is 2. The van der Waals surface area contributed by atoms with Gasteiger partial charge in [-0.1, -0.05) is 6.07 Å². The van der Waals surface area contributed by atoms with Crippen molar-refractivity contribution >= 4 is 17.8 Å². The predicted molar refractivity (Wildman–Crippen MR) is 87.1 cm³/mol. The van der Waals surface area contributed by atoms with Crippen molar-refractivity contribution < 1.29 is 18.4 Å². The summed E-state index contributed by atoms with van der Waals surface area (Å²) in [7, 11) is 0. The molecular formula is C17H16F2N4O2. The monoisotopic (exact) mass is 346 g/mol. The Morgan fingerprint density at radius 3 is 2.36 bits per heavy atom. The van der Waals surface area contributed by atoms with Crippen LogP contribution in [0, 0.1) is 11.6 Å². The molecule has 8 heteroatoms. The lowest BCUT2D eigenvalue weighted by molar-refractivity contribution is 0.0667. The van der Waals surface area contributed by atoms with E-state index >= 15 is 0 Å². The van der Waals surface area contributed by atoms with Crippen LogP contribution < -0.4 is 5.32 Å². The van der Waals surface area contributed by atoms with Gasteiger partial charge in [0.15, 0.2) is 0 Å². The molecule has 2 heterocycles. The maximum atomic E-state index is 13.7. The fraction of sp³-hybridized carbons (Fsp3) is 0.235. The maximum absolute atomic E-state index is 13.7. The van der Waals surface area contributed by atoms with Crippen molar-refractivity contribution in [2.75, 3.05) is 31.5 Å². The number of nitrogens with zero attached hydrogens (tertiary/aromatic N) is 3. The van der Waals surface area contributed by atoms with E-state index in [2.05, 4.69) is 10.3 Å². The molecule has 6 nitrogen and oxygen atoms in total. The second-order valence-electron chi connectivity index (χ2n) is 5.55. The van der Waals surface area contributed by atoms with Gasteiger partial charge in [0.25, 0.3) is 5.91 Å². The lowest BCUT2D eigenvalue weighted by atomic mass is 10.1. The van der Waals surface area contributed by atoms with E-state index in [9.17, 15) is 18.4 Å². The Morgan fingerprint density at radius 2 is 1.72 bits per heavy atom. The van der Waals surface area contributed by atoms with Crippen molar-refractivity contribution in [1.29, 1.82) is 0 Å². The highest BCUT2D eigenvalue weighted by Crippen LogP contribution is 2.14. The van der Waals surface area contributed by atoms with Crippen molar-refractivity contribution in [3.63, 3.8) is 0 Å². The molecule has 1 fully saturated rings. The summed E-state index contributed by atoms with van der Waals surface area (Å²) in [4.78, 5) is 31.5. The summed E-state index contributed by atoms with van der Waals surface area (Å²) in [5, 5.41) is 2.67. The van der Waals surface area contributed by atoms with E-state index in [1.165, 1.54) is 4.90 Å². The average molecular weight is 346 g/mol. The topological polar surface area (TPSA) is 65.5 Å². The lowest BCUT2D eigenvalue weighted by Gasteiger charge is -2.34. The van der Waals surface area contributed by atoms with Crippen LogP contribution in [0.3, 0.4) is 0 Å². The molecule has 130 valence electrons. The van der Waals surface area contributed by atoms with E-state index in [1.54, 1.807) is 29.3 Å². The summed E-state index contributed by atoms with van der Waals surface area (Å²) < 4.78 is 26.7. The Balaban J connectivity index is 1.58. The minimum atomic E-state index is -0.889. The largest absolute Gasteiger partial charge is 0.335 e. The third kappa shape index (κ3) is 3.90. The van der Waals surface area contributed by atoms with Crippen molar-refractivity contribution in [2.24, 2.45) is 0 Å². The number of amides is 3. The van der Waals surface area contributed by atoms with E-state index in [-0.39, 0.29) is 24.7 Å². The van der Waals surface area contributed by atoms with Crippen LogP contribution in [-0.2, 0) is 0 Å². The lowest BCUT2D eigenvalue weighted by Crippen LogP contribution is -2.51. The van der Waals surface area contributed by atoms with Gasteiger partial charge in [-0.05, 0) is 24.3 Å². The first kappa shape index (κ1) is 16.8. The minimum Gasteiger partial charge on any atom is -0.335 e. The number of benzene rings is 1. The summed E-state index contributed by atoms with van der Waals surface area (Å²) in [6, 6.07) is 7.74. The molecule has 2 aromatic rings. The van der Waals surface area contributed by atoms with Gasteiger partial charge >= 0.3 is 6.03 Å². The number of aromatic nitrogens is 1. The molecule has 0 bridgehead atoms. The summed E-state index contributed by atoms with van der Waals surface area (Å²) in [6.07, 6.45) is 1.57. The van der Waals surface area contributed by atoms with Gasteiger partial charge in [-0.3, -0.25) is 10.1 Å². The zero-order valence-electron chi connectivity index (χ0n) is 13.3. The number of hydrogen-bond donors (Lipinski definition) is 1. The first-order valence-corrected chi connectivity index (χ1v) is 7.76. The van der Waals surface area contributed by atoms with Gasteiger partial charge in [0.1, 0.15) is 17.5 Å². The molecule has 3 rings (SSSR count). The first-order chi connectivity index (χ1) is 12.0. The van der Waals surface area contributed by atoms with Crippen LogP contribution in [0.4, 0.5) is 19.4 Å². The van der Waals surface area contributed by atoms with Gasteiger partial charge in [-0.2, -0.15) is 0 Å². The molecule has 0 radical (unpaired) electrons. The van der Waals surface area contributed by atoms with Gasteiger partial charge in [0, 0.05) is 38.4 Å². The number of nitrogens with one attached hydrogen (secondary N) is 1. The van der Waals surface area contributed by atoms with Gasteiger partial charge < -0.3 is 9.80 Å². The molecule has 1 aliphatic rings. The quantitative estimate of drug-likeness (QED) is 0.908. The normalized spacial score (nSPS) is 14.3. The predicted octanol–water partition coefficient (Wildman–Crippen LogP) is 2.35. The molecule has 0 atom stereocenters. The number of rotatable bonds is 2. The van der Waals surface area contributed by atoms with Crippen LogP contribution in [-0.4, -0.2) is 52.9 Å². The average Bonchev–Trinajstić information content (AvgIpc) is 2.62. The van der Waals surface area contributed by atoms with Crippen molar-refractivity contribution in [3.8, 4) is 0 Å². The molecule has 1 saturated heterocycles. The van der Waals surface area contributed by atoms with Crippen molar-refractivity contribution in [1.82, 2.24) is 14.8 Å². The number of carbonyl (C=O) groups is 2. The van der Waals surface area contributed by atoms with E-state index in [0.717, 1.165) is 12.1 Å². The number of anilines is 1. The van der Waals surface area contributed by atoms with Crippen LogP contribution in [0.1, 0.15) is 10.4 Å².